The van der Waals surface area contributed by atoms with Gasteiger partial charge in [0.15, 0.2) is 5.58 Å². The minimum atomic E-state index is -0.371. The molecule has 0 saturated heterocycles. The number of benzene rings is 1. The average molecular weight is 246 g/mol. The van der Waals surface area contributed by atoms with Gasteiger partial charge in [-0.05, 0) is 30.5 Å². The molecule has 1 aliphatic carbocycles. The van der Waals surface area contributed by atoms with Crippen LogP contribution >= 0.6 is 0 Å². The van der Waals surface area contributed by atoms with Gasteiger partial charge in [0.1, 0.15) is 0 Å². The highest BCUT2D eigenvalue weighted by Crippen LogP contribution is 2.28. The van der Waals surface area contributed by atoms with E-state index in [0.29, 0.717) is 12.1 Å². The predicted molar refractivity (Wildman–Crippen MR) is 66.0 cm³/mol. The molecule has 0 aliphatic heterocycles. The van der Waals surface area contributed by atoms with Crippen LogP contribution in [0.15, 0.2) is 27.4 Å². The molecule has 1 aromatic carbocycles. The topological polar surface area (TPSA) is 64.2 Å². The molecule has 0 atom stereocenters. The highest BCUT2D eigenvalue weighted by molar-refractivity contribution is 5.81. The van der Waals surface area contributed by atoms with E-state index in [-0.39, 0.29) is 17.6 Å². The van der Waals surface area contributed by atoms with Crippen molar-refractivity contribution in [2.75, 3.05) is 0 Å². The maximum atomic E-state index is 11.5. The van der Waals surface area contributed by atoms with Gasteiger partial charge in [0.05, 0.1) is 5.52 Å². The number of hydrogen-bond acceptors (Lipinski definition) is 3. The molecule has 3 rings (SSSR count). The van der Waals surface area contributed by atoms with Gasteiger partial charge < -0.3 is 9.73 Å². The third-order valence-corrected chi connectivity index (χ3v) is 3.27. The zero-order chi connectivity index (χ0) is 12.7. The molecule has 1 aromatic heterocycles. The van der Waals surface area contributed by atoms with Crippen molar-refractivity contribution < 1.29 is 9.21 Å². The van der Waals surface area contributed by atoms with Crippen LogP contribution in [0.5, 0.6) is 0 Å². The molecule has 94 valence electrons. The summed E-state index contributed by atoms with van der Waals surface area (Å²) in [5.74, 6) is -0.0349. The molecule has 2 aromatic rings. The van der Waals surface area contributed by atoms with E-state index in [9.17, 15) is 9.59 Å². The Kier molecular flexibility index (Phi) is 2.47. The van der Waals surface area contributed by atoms with Crippen LogP contribution in [0.3, 0.4) is 0 Å². The number of amides is 1. The highest BCUT2D eigenvalue weighted by atomic mass is 16.4. The first kappa shape index (κ1) is 11.1. The second-order valence-electron chi connectivity index (χ2n) is 4.72. The summed E-state index contributed by atoms with van der Waals surface area (Å²) in [6.45, 7) is 0.491. The van der Waals surface area contributed by atoms with Crippen LogP contribution in [-0.2, 0) is 18.4 Å². The first-order valence-electron chi connectivity index (χ1n) is 6.01. The summed E-state index contributed by atoms with van der Waals surface area (Å²) >= 11 is 0. The Morgan fingerprint density at radius 3 is 3.00 bits per heavy atom. The fourth-order valence-corrected chi connectivity index (χ4v) is 1.96. The summed E-state index contributed by atoms with van der Waals surface area (Å²) in [7, 11) is 1.67. The number of hydrogen-bond donors (Lipinski definition) is 1. The van der Waals surface area contributed by atoms with Gasteiger partial charge in [-0.25, -0.2) is 4.79 Å². The highest BCUT2D eigenvalue weighted by Gasteiger charge is 2.29. The molecular weight excluding hydrogens is 232 g/mol. The van der Waals surface area contributed by atoms with Crippen LogP contribution < -0.4 is 11.1 Å². The van der Waals surface area contributed by atoms with Gasteiger partial charge in [0, 0.05) is 19.5 Å². The standard InChI is InChI=1S/C13H14N2O3/c1-15-10-6-8(2-5-11(10)18-13(15)17)7-14-12(16)9-3-4-9/h2,5-6,9H,3-4,7H2,1H3,(H,14,16). The Hall–Kier alpha value is -2.04. The largest absolute Gasteiger partial charge is 0.419 e. The van der Waals surface area contributed by atoms with E-state index in [1.807, 2.05) is 12.1 Å². The molecule has 0 bridgehead atoms. The van der Waals surface area contributed by atoms with Gasteiger partial charge in [0.25, 0.3) is 0 Å². The number of nitrogens with one attached hydrogen (secondary N) is 1. The Labute approximate surface area is 103 Å². The summed E-state index contributed by atoms with van der Waals surface area (Å²) < 4.78 is 6.51. The van der Waals surface area contributed by atoms with E-state index >= 15 is 0 Å². The van der Waals surface area contributed by atoms with E-state index in [0.717, 1.165) is 23.9 Å². The zero-order valence-corrected chi connectivity index (χ0v) is 10.1. The maximum Gasteiger partial charge on any atom is 0.419 e. The van der Waals surface area contributed by atoms with Gasteiger partial charge in [0.2, 0.25) is 5.91 Å². The lowest BCUT2D eigenvalue weighted by Crippen LogP contribution is -2.24. The molecule has 18 heavy (non-hydrogen) atoms. The number of oxazole rings is 1. The van der Waals surface area contributed by atoms with Crippen LogP contribution in [0, 0.1) is 5.92 Å². The number of nitrogens with zero attached hydrogens (tertiary/aromatic N) is 1. The molecule has 1 N–H and O–H groups in total. The van der Waals surface area contributed by atoms with Crippen molar-refractivity contribution in [3.8, 4) is 0 Å². The fraction of sp³-hybridized carbons (Fsp3) is 0.385. The number of carbonyl (C=O) groups excluding carboxylic acids is 1. The Morgan fingerprint density at radius 2 is 2.28 bits per heavy atom. The van der Waals surface area contributed by atoms with E-state index in [1.54, 1.807) is 13.1 Å². The van der Waals surface area contributed by atoms with Crippen LogP contribution in [0.1, 0.15) is 18.4 Å². The smallest absolute Gasteiger partial charge is 0.408 e. The maximum absolute atomic E-state index is 11.5. The van der Waals surface area contributed by atoms with Gasteiger partial charge >= 0.3 is 5.76 Å². The lowest BCUT2D eigenvalue weighted by atomic mass is 10.2. The quantitative estimate of drug-likeness (QED) is 0.883. The number of carbonyl (C=O) groups is 1. The minimum absolute atomic E-state index is 0.121. The van der Waals surface area contributed by atoms with Crippen LogP contribution in [0.4, 0.5) is 0 Å². The molecule has 0 radical (unpaired) electrons. The summed E-state index contributed by atoms with van der Waals surface area (Å²) in [6, 6.07) is 5.49. The number of aryl methyl sites for hydroxylation is 1. The molecule has 1 heterocycles. The van der Waals surface area contributed by atoms with E-state index < -0.39 is 0 Å². The monoisotopic (exact) mass is 246 g/mol. The summed E-state index contributed by atoms with van der Waals surface area (Å²) in [6.07, 6.45) is 2.00. The molecule has 0 spiro atoms. The molecule has 1 saturated carbocycles. The van der Waals surface area contributed by atoms with Gasteiger partial charge in [-0.3, -0.25) is 9.36 Å². The second kappa shape index (κ2) is 4.01. The summed E-state index contributed by atoms with van der Waals surface area (Å²) in [5.41, 5.74) is 2.28. The van der Waals surface area contributed by atoms with Crippen LogP contribution in [0.2, 0.25) is 0 Å². The van der Waals surface area contributed by atoms with Gasteiger partial charge in [-0.15, -0.1) is 0 Å². The summed E-state index contributed by atoms with van der Waals surface area (Å²) in [5, 5.41) is 2.89. The van der Waals surface area contributed by atoms with Crippen LogP contribution in [0.25, 0.3) is 11.1 Å². The molecule has 1 amide bonds. The van der Waals surface area contributed by atoms with Crippen molar-refractivity contribution in [1.29, 1.82) is 0 Å². The van der Waals surface area contributed by atoms with Crippen LogP contribution in [-0.4, -0.2) is 10.5 Å². The first-order valence-corrected chi connectivity index (χ1v) is 6.01. The van der Waals surface area contributed by atoms with E-state index in [1.165, 1.54) is 4.57 Å². The molecule has 5 nitrogen and oxygen atoms in total. The average Bonchev–Trinajstić information content (AvgIpc) is 3.16. The third-order valence-electron chi connectivity index (χ3n) is 3.27. The molecule has 0 unspecified atom stereocenters. The summed E-state index contributed by atoms with van der Waals surface area (Å²) in [4.78, 5) is 22.9. The molecular formula is C13H14N2O3. The van der Waals surface area contributed by atoms with Crippen molar-refractivity contribution in [2.24, 2.45) is 13.0 Å². The zero-order valence-electron chi connectivity index (χ0n) is 10.1. The normalized spacial score (nSPS) is 14.9. The number of aromatic nitrogens is 1. The first-order chi connectivity index (χ1) is 8.65. The SMILES string of the molecule is Cn1c(=O)oc2ccc(CNC(=O)C3CC3)cc21. The Morgan fingerprint density at radius 1 is 1.50 bits per heavy atom. The predicted octanol–water partition coefficient (Wildman–Crippen LogP) is 1.16. The third kappa shape index (κ3) is 1.92. The van der Waals surface area contributed by atoms with Crippen molar-refractivity contribution in [3.63, 3.8) is 0 Å². The fourth-order valence-electron chi connectivity index (χ4n) is 1.96. The van der Waals surface area contributed by atoms with Crippen molar-refractivity contribution in [2.45, 2.75) is 19.4 Å². The number of fused-ring (bicyclic) bond motifs is 1. The lowest BCUT2D eigenvalue weighted by Gasteiger charge is -2.04. The minimum Gasteiger partial charge on any atom is -0.408 e. The lowest BCUT2D eigenvalue weighted by molar-refractivity contribution is -0.122. The molecule has 5 heteroatoms. The van der Waals surface area contributed by atoms with Crippen molar-refractivity contribution >= 4 is 17.0 Å². The second-order valence-corrected chi connectivity index (χ2v) is 4.72. The molecule has 1 fully saturated rings. The van der Waals surface area contributed by atoms with E-state index in [4.69, 9.17) is 4.42 Å². The molecule has 1 aliphatic rings. The number of rotatable bonds is 3. The Bertz CT molecular complexity index is 664. The van der Waals surface area contributed by atoms with Crippen molar-refractivity contribution in [3.05, 3.63) is 34.3 Å². The van der Waals surface area contributed by atoms with E-state index in [2.05, 4.69) is 5.32 Å². The van der Waals surface area contributed by atoms with Crippen molar-refractivity contribution in [1.82, 2.24) is 9.88 Å². The van der Waals surface area contributed by atoms with Gasteiger partial charge in [-0.2, -0.15) is 0 Å². The van der Waals surface area contributed by atoms with Gasteiger partial charge in [-0.1, -0.05) is 6.07 Å². The Balaban J connectivity index is 1.81.